The van der Waals surface area contributed by atoms with Crippen molar-refractivity contribution in [3.8, 4) is 0 Å². The third kappa shape index (κ3) is 2.58. The second-order valence-corrected chi connectivity index (χ2v) is 5.16. The van der Waals surface area contributed by atoms with E-state index in [-0.39, 0.29) is 5.92 Å². The van der Waals surface area contributed by atoms with Crippen LogP contribution >= 0.6 is 0 Å². The van der Waals surface area contributed by atoms with E-state index in [2.05, 4.69) is 31.3 Å². The van der Waals surface area contributed by atoms with Crippen LogP contribution in [0.1, 0.15) is 39.9 Å². The van der Waals surface area contributed by atoms with Crippen molar-refractivity contribution in [2.45, 2.75) is 33.6 Å². The summed E-state index contributed by atoms with van der Waals surface area (Å²) in [6, 6.07) is 4.18. The first-order valence-electron chi connectivity index (χ1n) is 6.42. The molecule has 0 amide bonds. The Labute approximate surface area is 103 Å². The van der Waals surface area contributed by atoms with E-state index in [1.807, 2.05) is 6.92 Å². The van der Waals surface area contributed by atoms with Crippen molar-refractivity contribution < 1.29 is 4.79 Å². The number of Topliss-reactive ketones (excluding diaryl/α,β-unsaturated/α-hetero) is 1. The smallest absolute Gasteiger partial charge is 0.167 e. The summed E-state index contributed by atoms with van der Waals surface area (Å²) in [5.74, 6) is 0.488. The third-order valence-corrected chi connectivity index (χ3v) is 3.77. The Kier molecular flexibility index (Phi) is 3.63. The number of hydrogen-bond acceptors (Lipinski definition) is 2. The Bertz CT molecular complexity index is 431. The average molecular weight is 231 g/mol. The van der Waals surface area contributed by atoms with E-state index in [4.69, 9.17) is 0 Å². The largest absolute Gasteiger partial charge is 0.316 e. The minimum absolute atomic E-state index is 0.171. The lowest BCUT2D eigenvalue weighted by Gasteiger charge is -2.22. The maximum absolute atomic E-state index is 12.4. The highest BCUT2D eigenvalue weighted by Crippen LogP contribution is 2.21. The molecule has 1 heterocycles. The van der Waals surface area contributed by atoms with Crippen molar-refractivity contribution >= 4 is 5.78 Å². The van der Waals surface area contributed by atoms with Crippen molar-refractivity contribution in [3.05, 3.63) is 34.4 Å². The van der Waals surface area contributed by atoms with Crippen LogP contribution in [0.3, 0.4) is 0 Å². The summed E-state index contributed by atoms with van der Waals surface area (Å²) in [5.41, 5.74) is 4.51. The molecule has 1 fully saturated rings. The predicted molar refractivity (Wildman–Crippen MR) is 70.6 cm³/mol. The van der Waals surface area contributed by atoms with E-state index >= 15 is 0 Å². The molecule has 0 aliphatic carbocycles. The fourth-order valence-corrected chi connectivity index (χ4v) is 2.52. The molecule has 1 saturated heterocycles. The molecule has 0 radical (unpaired) electrons. The molecule has 0 aromatic heterocycles. The van der Waals surface area contributed by atoms with E-state index in [0.717, 1.165) is 37.1 Å². The van der Waals surface area contributed by atoms with Crippen LogP contribution in [0.25, 0.3) is 0 Å². The molecule has 1 atom stereocenters. The maximum atomic E-state index is 12.4. The summed E-state index contributed by atoms with van der Waals surface area (Å²) in [6.45, 7) is 8.10. The zero-order chi connectivity index (χ0) is 12.4. The van der Waals surface area contributed by atoms with Gasteiger partial charge in [0.2, 0.25) is 0 Å². The SMILES string of the molecule is Cc1cc(C)c(C(=O)C2CCCNC2)cc1C. The highest BCUT2D eigenvalue weighted by Gasteiger charge is 2.23. The molecular weight excluding hydrogens is 210 g/mol. The fourth-order valence-electron chi connectivity index (χ4n) is 2.52. The van der Waals surface area contributed by atoms with Gasteiger partial charge in [-0.3, -0.25) is 4.79 Å². The molecule has 1 N–H and O–H groups in total. The lowest BCUT2D eigenvalue weighted by atomic mass is 9.87. The summed E-state index contributed by atoms with van der Waals surface area (Å²) in [4.78, 5) is 12.4. The highest BCUT2D eigenvalue weighted by molar-refractivity contribution is 5.99. The monoisotopic (exact) mass is 231 g/mol. The van der Waals surface area contributed by atoms with Gasteiger partial charge in [-0.1, -0.05) is 6.07 Å². The number of piperidine rings is 1. The Morgan fingerprint density at radius 3 is 2.53 bits per heavy atom. The zero-order valence-corrected chi connectivity index (χ0v) is 11.0. The summed E-state index contributed by atoms with van der Waals surface area (Å²) in [5, 5.41) is 3.31. The normalized spacial score (nSPS) is 20.3. The summed E-state index contributed by atoms with van der Waals surface area (Å²) < 4.78 is 0. The number of rotatable bonds is 2. The van der Waals surface area contributed by atoms with Gasteiger partial charge < -0.3 is 5.32 Å². The summed E-state index contributed by atoms with van der Waals surface area (Å²) in [6.07, 6.45) is 2.14. The molecular formula is C15H21NO. The van der Waals surface area contributed by atoms with Gasteiger partial charge in [0.05, 0.1) is 0 Å². The van der Waals surface area contributed by atoms with Crippen LogP contribution in [0.2, 0.25) is 0 Å². The summed E-state index contributed by atoms with van der Waals surface area (Å²) >= 11 is 0. The molecule has 1 aromatic rings. The van der Waals surface area contributed by atoms with Crippen LogP contribution in [-0.2, 0) is 0 Å². The molecule has 92 valence electrons. The zero-order valence-electron chi connectivity index (χ0n) is 11.0. The van der Waals surface area contributed by atoms with Crippen molar-refractivity contribution in [2.75, 3.05) is 13.1 Å². The number of nitrogens with one attached hydrogen (secondary N) is 1. The van der Waals surface area contributed by atoms with Crippen molar-refractivity contribution in [2.24, 2.45) is 5.92 Å². The van der Waals surface area contributed by atoms with Gasteiger partial charge in [0.1, 0.15) is 0 Å². The molecule has 1 aliphatic rings. The van der Waals surface area contributed by atoms with E-state index in [9.17, 15) is 4.79 Å². The summed E-state index contributed by atoms with van der Waals surface area (Å²) in [7, 11) is 0. The Morgan fingerprint density at radius 1 is 1.18 bits per heavy atom. The Balaban J connectivity index is 2.26. The number of hydrogen-bond donors (Lipinski definition) is 1. The first-order valence-corrected chi connectivity index (χ1v) is 6.42. The molecule has 1 unspecified atom stereocenters. The van der Waals surface area contributed by atoms with Crippen molar-refractivity contribution in [1.82, 2.24) is 5.32 Å². The van der Waals surface area contributed by atoms with Gasteiger partial charge in [-0.05, 0) is 62.9 Å². The van der Waals surface area contributed by atoms with Crippen LogP contribution in [0, 0.1) is 26.7 Å². The topological polar surface area (TPSA) is 29.1 Å². The van der Waals surface area contributed by atoms with E-state index in [1.54, 1.807) is 0 Å². The second kappa shape index (κ2) is 5.01. The van der Waals surface area contributed by atoms with Crippen molar-refractivity contribution in [1.29, 1.82) is 0 Å². The third-order valence-electron chi connectivity index (χ3n) is 3.77. The van der Waals surface area contributed by atoms with Gasteiger partial charge >= 0.3 is 0 Å². The highest BCUT2D eigenvalue weighted by atomic mass is 16.1. The van der Waals surface area contributed by atoms with E-state index in [0.29, 0.717) is 5.78 Å². The number of aryl methyl sites for hydroxylation is 3. The lowest BCUT2D eigenvalue weighted by molar-refractivity contribution is 0.0899. The molecule has 0 bridgehead atoms. The van der Waals surface area contributed by atoms with Gasteiger partial charge in [0.15, 0.2) is 5.78 Å². The molecule has 1 aromatic carbocycles. The van der Waals surface area contributed by atoms with Crippen LogP contribution in [0.5, 0.6) is 0 Å². The lowest BCUT2D eigenvalue weighted by Crippen LogP contribution is -2.34. The van der Waals surface area contributed by atoms with Crippen LogP contribution < -0.4 is 5.32 Å². The first kappa shape index (κ1) is 12.3. The molecule has 1 aliphatic heterocycles. The van der Waals surface area contributed by atoms with Crippen LogP contribution in [-0.4, -0.2) is 18.9 Å². The first-order chi connectivity index (χ1) is 8.09. The molecule has 17 heavy (non-hydrogen) atoms. The quantitative estimate of drug-likeness (QED) is 0.793. The molecule has 0 spiro atoms. The fraction of sp³-hybridized carbons (Fsp3) is 0.533. The second-order valence-electron chi connectivity index (χ2n) is 5.16. The van der Waals surface area contributed by atoms with Gasteiger partial charge in [-0.15, -0.1) is 0 Å². The predicted octanol–water partition coefficient (Wildman–Crippen LogP) is 2.79. The minimum Gasteiger partial charge on any atom is -0.316 e. The Hall–Kier alpha value is -1.15. The molecule has 2 nitrogen and oxygen atoms in total. The van der Waals surface area contributed by atoms with Crippen LogP contribution in [0.4, 0.5) is 0 Å². The van der Waals surface area contributed by atoms with E-state index < -0.39 is 0 Å². The maximum Gasteiger partial charge on any atom is 0.167 e. The van der Waals surface area contributed by atoms with Crippen LogP contribution in [0.15, 0.2) is 12.1 Å². The Morgan fingerprint density at radius 2 is 1.88 bits per heavy atom. The molecule has 2 rings (SSSR count). The molecule has 2 heteroatoms. The van der Waals surface area contributed by atoms with E-state index in [1.165, 1.54) is 11.1 Å². The number of carbonyl (C=O) groups excluding carboxylic acids is 1. The number of ketones is 1. The number of benzene rings is 1. The standard InChI is InChI=1S/C15H21NO/c1-10-7-12(3)14(8-11(10)2)15(17)13-5-4-6-16-9-13/h7-8,13,16H,4-6,9H2,1-3H3. The van der Waals surface area contributed by atoms with Gasteiger partial charge in [-0.25, -0.2) is 0 Å². The van der Waals surface area contributed by atoms with Crippen molar-refractivity contribution in [3.63, 3.8) is 0 Å². The number of carbonyl (C=O) groups is 1. The molecule has 0 saturated carbocycles. The average Bonchev–Trinajstić information content (AvgIpc) is 2.34. The van der Waals surface area contributed by atoms with Gasteiger partial charge in [-0.2, -0.15) is 0 Å². The van der Waals surface area contributed by atoms with Gasteiger partial charge in [0.25, 0.3) is 0 Å². The van der Waals surface area contributed by atoms with Gasteiger partial charge in [0, 0.05) is 18.0 Å². The minimum atomic E-state index is 0.171.